The molecule has 5 heteroatoms. The number of likely N-dealkylation sites (tertiary alicyclic amines) is 1. The van der Waals surface area contributed by atoms with Crippen molar-refractivity contribution in [2.24, 2.45) is 5.92 Å². The van der Waals surface area contributed by atoms with E-state index in [0.29, 0.717) is 11.8 Å². The lowest BCUT2D eigenvalue weighted by atomic mass is 10.0. The second kappa shape index (κ2) is 7.77. The van der Waals surface area contributed by atoms with Crippen LogP contribution in [0.3, 0.4) is 0 Å². The van der Waals surface area contributed by atoms with Crippen LogP contribution in [0.25, 0.3) is 11.2 Å². The summed E-state index contributed by atoms with van der Waals surface area (Å²) in [7, 11) is 0. The van der Waals surface area contributed by atoms with Crippen molar-refractivity contribution in [1.29, 1.82) is 0 Å². The van der Waals surface area contributed by atoms with Crippen LogP contribution < -0.4 is 0 Å². The van der Waals surface area contributed by atoms with E-state index in [1.807, 2.05) is 18.3 Å². The highest BCUT2D eigenvalue weighted by Crippen LogP contribution is 2.31. The number of rotatable bonds is 6. The monoisotopic (exact) mass is 354 g/mol. The fraction of sp³-hybridized carbons (Fsp3) is 0.667. The van der Waals surface area contributed by atoms with Gasteiger partial charge in [0.15, 0.2) is 5.65 Å². The normalized spacial score (nSPS) is 21.1. The van der Waals surface area contributed by atoms with Crippen molar-refractivity contribution in [3.05, 3.63) is 24.2 Å². The highest BCUT2D eigenvalue weighted by atomic mass is 16.2. The quantitative estimate of drug-likeness (QED) is 0.784. The lowest BCUT2D eigenvalue weighted by Gasteiger charge is -2.18. The van der Waals surface area contributed by atoms with E-state index in [0.717, 1.165) is 68.2 Å². The van der Waals surface area contributed by atoms with E-state index in [1.165, 1.54) is 25.7 Å². The molecule has 0 N–H and O–H groups in total. The molecule has 2 aromatic heterocycles. The van der Waals surface area contributed by atoms with Gasteiger partial charge in [-0.2, -0.15) is 0 Å². The van der Waals surface area contributed by atoms with E-state index in [9.17, 15) is 4.79 Å². The molecule has 1 saturated heterocycles. The molecule has 0 bridgehead atoms. The summed E-state index contributed by atoms with van der Waals surface area (Å²) in [4.78, 5) is 24.1. The third-order valence-electron chi connectivity index (χ3n) is 6.13. The topological polar surface area (TPSA) is 51.0 Å². The van der Waals surface area contributed by atoms with Gasteiger partial charge in [0.05, 0.1) is 0 Å². The zero-order valence-electron chi connectivity index (χ0n) is 15.9. The molecular formula is C21H30N4O. The molecule has 0 unspecified atom stereocenters. The standard InChI is InChI=1S/C21H30N4O/c1-2-13-25-20(23-18-8-5-12-22-21(18)25)17-11-14-24(15-17)19(26)10-9-16-6-3-4-7-16/h5,8,12,16-17H,2-4,6-7,9-11,13-15H2,1H3/t17-/m1/s1. The van der Waals surface area contributed by atoms with Crippen LogP contribution in [-0.2, 0) is 11.3 Å². The van der Waals surface area contributed by atoms with Crippen LogP contribution in [0.15, 0.2) is 18.3 Å². The maximum absolute atomic E-state index is 12.6. The number of aryl methyl sites for hydroxylation is 1. The van der Waals surface area contributed by atoms with Gasteiger partial charge in [-0.05, 0) is 37.3 Å². The molecule has 0 spiro atoms. The van der Waals surface area contributed by atoms with Crippen molar-refractivity contribution >= 4 is 17.1 Å². The average Bonchev–Trinajstić information content (AvgIpc) is 3.40. The number of amides is 1. The minimum Gasteiger partial charge on any atom is -0.342 e. The predicted molar refractivity (Wildman–Crippen MR) is 103 cm³/mol. The maximum Gasteiger partial charge on any atom is 0.222 e. The molecule has 2 aliphatic rings. The molecule has 0 radical (unpaired) electrons. The maximum atomic E-state index is 12.6. The van der Waals surface area contributed by atoms with Gasteiger partial charge in [-0.1, -0.05) is 32.6 Å². The number of fused-ring (bicyclic) bond motifs is 1. The Kier molecular flexibility index (Phi) is 5.23. The Balaban J connectivity index is 1.44. The molecule has 26 heavy (non-hydrogen) atoms. The highest BCUT2D eigenvalue weighted by molar-refractivity contribution is 5.76. The summed E-state index contributed by atoms with van der Waals surface area (Å²) in [5.74, 6) is 2.59. The first kappa shape index (κ1) is 17.5. The van der Waals surface area contributed by atoms with Crippen molar-refractivity contribution in [2.75, 3.05) is 13.1 Å². The fourth-order valence-electron chi connectivity index (χ4n) is 4.71. The van der Waals surface area contributed by atoms with Crippen LogP contribution in [-0.4, -0.2) is 38.4 Å². The van der Waals surface area contributed by atoms with Gasteiger partial charge in [-0.25, -0.2) is 9.97 Å². The summed E-state index contributed by atoms with van der Waals surface area (Å²) in [5.41, 5.74) is 1.96. The number of carbonyl (C=O) groups is 1. The summed E-state index contributed by atoms with van der Waals surface area (Å²) >= 11 is 0. The largest absolute Gasteiger partial charge is 0.342 e. The number of pyridine rings is 1. The summed E-state index contributed by atoms with van der Waals surface area (Å²) < 4.78 is 2.27. The van der Waals surface area contributed by atoms with E-state index in [2.05, 4.69) is 21.4 Å². The van der Waals surface area contributed by atoms with Crippen molar-refractivity contribution in [2.45, 2.75) is 70.8 Å². The van der Waals surface area contributed by atoms with Crippen molar-refractivity contribution < 1.29 is 4.79 Å². The number of hydrogen-bond acceptors (Lipinski definition) is 3. The Hall–Kier alpha value is -1.91. The second-order valence-corrected chi connectivity index (χ2v) is 7.98. The predicted octanol–water partition coefficient (Wildman–Crippen LogP) is 4.13. The molecule has 140 valence electrons. The molecule has 1 aliphatic carbocycles. The van der Waals surface area contributed by atoms with Gasteiger partial charge in [0.25, 0.3) is 0 Å². The molecule has 0 aromatic carbocycles. The summed E-state index contributed by atoms with van der Waals surface area (Å²) in [6, 6.07) is 3.99. The summed E-state index contributed by atoms with van der Waals surface area (Å²) in [6.45, 7) is 4.81. The van der Waals surface area contributed by atoms with Gasteiger partial charge in [-0.3, -0.25) is 4.79 Å². The molecule has 1 amide bonds. The van der Waals surface area contributed by atoms with Gasteiger partial charge in [-0.15, -0.1) is 0 Å². The van der Waals surface area contributed by atoms with Gasteiger partial charge in [0, 0.05) is 38.2 Å². The van der Waals surface area contributed by atoms with Crippen molar-refractivity contribution in [3.63, 3.8) is 0 Å². The van der Waals surface area contributed by atoms with E-state index in [4.69, 9.17) is 4.98 Å². The van der Waals surface area contributed by atoms with E-state index >= 15 is 0 Å². The Morgan fingerprint density at radius 2 is 2.12 bits per heavy atom. The third kappa shape index (κ3) is 3.49. The van der Waals surface area contributed by atoms with Crippen molar-refractivity contribution in [3.8, 4) is 0 Å². The molecular weight excluding hydrogens is 324 g/mol. The van der Waals surface area contributed by atoms with Crippen LogP contribution in [0, 0.1) is 5.92 Å². The second-order valence-electron chi connectivity index (χ2n) is 7.98. The Bertz CT molecular complexity index is 762. The molecule has 4 rings (SSSR count). The summed E-state index contributed by atoms with van der Waals surface area (Å²) in [5, 5.41) is 0. The van der Waals surface area contributed by atoms with Gasteiger partial charge >= 0.3 is 0 Å². The van der Waals surface area contributed by atoms with E-state index < -0.39 is 0 Å². The van der Waals surface area contributed by atoms with Crippen LogP contribution >= 0.6 is 0 Å². The average molecular weight is 354 g/mol. The van der Waals surface area contributed by atoms with Crippen LogP contribution in [0.5, 0.6) is 0 Å². The zero-order valence-corrected chi connectivity index (χ0v) is 15.9. The smallest absolute Gasteiger partial charge is 0.222 e. The van der Waals surface area contributed by atoms with Gasteiger partial charge < -0.3 is 9.47 Å². The Morgan fingerprint density at radius 1 is 1.27 bits per heavy atom. The van der Waals surface area contributed by atoms with Gasteiger partial charge in [0.1, 0.15) is 11.3 Å². The molecule has 2 fully saturated rings. The third-order valence-corrected chi connectivity index (χ3v) is 6.13. The molecule has 1 atom stereocenters. The molecule has 2 aromatic rings. The fourth-order valence-corrected chi connectivity index (χ4v) is 4.71. The number of carbonyl (C=O) groups excluding carboxylic acids is 1. The number of nitrogens with zero attached hydrogens (tertiary/aromatic N) is 4. The molecule has 1 aliphatic heterocycles. The summed E-state index contributed by atoms with van der Waals surface area (Å²) in [6.07, 6.45) is 11.1. The first-order valence-corrected chi connectivity index (χ1v) is 10.3. The van der Waals surface area contributed by atoms with Crippen LogP contribution in [0.4, 0.5) is 0 Å². The first-order valence-electron chi connectivity index (χ1n) is 10.3. The van der Waals surface area contributed by atoms with Gasteiger partial charge in [0.2, 0.25) is 5.91 Å². The van der Waals surface area contributed by atoms with Crippen LogP contribution in [0.2, 0.25) is 0 Å². The Labute approximate surface area is 155 Å². The number of hydrogen-bond donors (Lipinski definition) is 0. The highest BCUT2D eigenvalue weighted by Gasteiger charge is 2.31. The molecule has 3 heterocycles. The van der Waals surface area contributed by atoms with Crippen LogP contribution in [0.1, 0.15) is 70.0 Å². The SMILES string of the molecule is CCCn1c([C@@H]2CCN(C(=O)CCC3CCCC3)C2)nc2cccnc21. The lowest BCUT2D eigenvalue weighted by Crippen LogP contribution is -2.28. The first-order chi connectivity index (χ1) is 12.8. The van der Waals surface area contributed by atoms with E-state index in [1.54, 1.807) is 0 Å². The minimum absolute atomic E-state index is 0.339. The van der Waals surface area contributed by atoms with E-state index in [-0.39, 0.29) is 0 Å². The zero-order chi connectivity index (χ0) is 17.9. The molecule has 1 saturated carbocycles. The number of aromatic nitrogens is 3. The minimum atomic E-state index is 0.339. The molecule has 5 nitrogen and oxygen atoms in total. The van der Waals surface area contributed by atoms with Crippen molar-refractivity contribution in [1.82, 2.24) is 19.4 Å². The number of imidazole rings is 1. The lowest BCUT2D eigenvalue weighted by molar-refractivity contribution is -0.130. The Morgan fingerprint density at radius 3 is 2.92 bits per heavy atom.